The van der Waals surface area contributed by atoms with Gasteiger partial charge in [-0.3, -0.25) is 4.79 Å². The van der Waals surface area contributed by atoms with Crippen LogP contribution in [0.3, 0.4) is 0 Å². The van der Waals surface area contributed by atoms with Crippen LogP contribution in [0.25, 0.3) is 0 Å². The molecular weight excluding hydrogens is 314 g/mol. The number of primary amides is 1. The molecule has 2 saturated carbocycles. The van der Waals surface area contributed by atoms with Crippen molar-refractivity contribution in [1.82, 2.24) is 0 Å². The number of aliphatic hydroxyl groups is 2. The van der Waals surface area contributed by atoms with Crippen LogP contribution in [0.5, 0.6) is 0 Å². The van der Waals surface area contributed by atoms with Gasteiger partial charge in [0.05, 0.1) is 12.2 Å². The van der Waals surface area contributed by atoms with Crippen LogP contribution >= 0.6 is 0 Å². The van der Waals surface area contributed by atoms with E-state index in [9.17, 15) is 15.0 Å². The van der Waals surface area contributed by atoms with Gasteiger partial charge in [0.25, 0.3) is 0 Å². The summed E-state index contributed by atoms with van der Waals surface area (Å²) in [4.78, 5) is 10.8. The summed E-state index contributed by atoms with van der Waals surface area (Å²) in [7, 11) is 0. The van der Waals surface area contributed by atoms with Gasteiger partial charge >= 0.3 is 0 Å². The van der Waals surface area contributed by atoms with E-state index in [0.29, 0.717) is 18.3 Å². The number of fused-ring (bicyclic) bond motifs is 1. The highest BCUT2D eigenvalue weighted by atomic mass is 16.3. The summed E-state index contributed by atoms with van der Waals surface area (Å²) in [6.07, 6.45) is 14.9. The predicted octanol–water partition coefficient (Wildman–Crippen LogP) is 3.47. The summed E-state index contributed by atoms with van der Waals surface area (Å²) in [5.41, 5.74) is 6.64. The minimum atomic E-state index is -0.386. The van der Waals surface area contributed by atoms with Gasteiger partial charge in [-0.25, -0.2) is 0 Å². The van der Waals surface area contributed by atoms with Crippen LogP contribution < -0.4 is 5.73 Å². The summed E-state index contributed by atoms with van der Waals surface area (Å²) in [5, 5.41) is 20.5. The standard InChI is InChI=1S/C21H35NO3/c1-2-3-4-8-17(23)10-11-18-19-13-15(7-5-6-9-21(22)25)12-16(19)14-20(18)24/h7,10-11,16-20,23-24H,2-6,8-9,12-14H2,1H3,(H2,22,25)/b11-10+,15-7?/t16-,17-,18+,19-,20+/m0/s1. The van der Waals surface area contributed by atoms with Crippen LogP contribution in [0, 0.1) is 17.8 Å². The first-order chi connectivity index (χ1) is 12.0. The highest BCUT2D eigenvalue weighted by Crippen LogP contribution is 2.50. The number of hydrogen-bond acceptors (Lipinski definition) is 3. The Morgan fingerprint density at radius 3 is 2.84 bits per heavy atom. The second kappa shape index (κ2) is 10.1. The molecule has 4 heteroatoms. The van der Waals surface area contributed by atoms with Crippen molar-refractivity contribution in [3.8, 4) is 0 Å². The lowest BCUT2D eigenvalue weighted by molar-refractivity contribution is -0.118. The molecule has 0 saturated heterocycles. The monoisotopic (exact) mass is 349 g/mol. The maximum atomic E-state index is 10.8. The zero-order valence-electron chi connectivity index (χ0n) is 15.6. The van der Waals surface area contributed by atoms with Gasteiger partial charge in [0, 0.05) is 12.3 Å². The van der Waals surface area contributed by atoms with Crippen molar-refractivity contribution in [2.75, 3.05) is 0 Å². The molecule has 4 nitrogen and oxygen atoms in total. The van der Waals surface area contributed by atoms with Crippen molar-refractivity contribution in [3.05, 3.63) is 23.8 Å². The van der Waals surface area contributed by atoms with Crippen molar-refractivity contribution in [3.63, 3.8) is 0 Å². The lowest BCUT2D eigenvalue weighted by atomic mass is 9.90. The average molecular weight is 350 g/mol. The molecule has 4 N–H and O–H groups in total. The summed E-state index contributed by atoms with van der Waals surface area (Å²) in [6, 6.07) is 0. The Bertz CT molecular complexity index is 486. The number of amides is 1. The average Bonchev–Trinajstić information content (AvgIpc) is 3.06. The van der Waals surface area contributed by atoms with E-state index < -0.39 is 0 Å². The van der Waals surface area contributed by atoms with Gasteiger partial charge in [-0.1, -0.05) is 50.0 Å². The minimum absolute atomic E-state index is 0.169. The molecule has 2 fully saturated rings. The molecule has 25 heavy (non-hydrogen) atoms. The molecule has 2 aliphatic carbocycles. The molecule has 0 aromatic heterocycles. The van der Waals surface area contributed by atoms with Crippen LogP contribution in [-0.2, 0) is 4.79 Å². The molecule has 0 aromatic rings. The summed E-state index contributed by atoms with van der Waals surface area (Å²) in [6.45, 7) is 2.16. The highest BCUT2D eigenvalue weighted by Gasteiger charge is 2.44. The Morgan fingerprint density at radius 2 is 2.12 bits per heavy atom. The topological polar surface area (TPSA) is 83.5 Å². The van der Waals surface area contributed by atoms with Crippen molar-refractivity contribution < 1.29 is 15.0 Å². The molecule has 1 amide bonds. The van der Waals surface area contributed by atoms with Gasteiger partial charge in [-0.05, 0) is 50.4 Å². The van der Waals surface area contributed by atoms with Crippen molar-refractivity contribution in [2.45, 2.75) is 83.3 Å². The molecule has 0 unspecified atom stereocenters. The number of unbranched alkanes of at least 4 members (excludes halogenated alkanes) is 3. The number of nitrogens with two attached hydrogens (primary N) is 1. The number of hydrogen-bond donors (Lipinski definition) is 3. The van der Waals surface area contributed by atoms with Crippen LogP contribution in [0.15, 0.2) is 23.8 Å². The van der Waals surface area contributed by atoms with E-state index in [0.717, 1.165) is 57.8 Å². The van der Waals surface area contributed by atoms with Gasteiger partial charge in [0.1, 0.15) is 0 Å². The van der Waals surface area contributed by atoms with Gasteiger partial charge in [0.15, 0.2) is 0 Å². The molecule has 5 atom stereocenters. The van der Waals surface area contributed by atoms with Crippen molar-refractivity contribution >= 4 is 5.91 Å². The van der Waals surface area contributed by atoms with E-state index >= 15 is 0 Å². The van der Waals surface area contributed by atoms with E-state index in [-0.39, 0.29) is 24.0 Å². The van der Waals surface area contributed by atoms with Crippen LogP contribution in [0.2, 0.25) is 0 Å². The number of rotatable bonds is 10. The second-order valence-electron chi connectivity index (χ2n) is 7.88. The quantitative estimate of drug-likeness (QED) is 0.417. The number of aliphatic hydroxyl groups excluding tert-OH is 2. The Labute approximate surface area is 152 Å². The number of allylic oxidation sites excluding steroid dienone is 2. The molecule has 0 bridgehead atoms. The van der Waals surface area contributed by atoms with Gasteiger partial charge in [-0.2, -0.15) is 0 Å². The van der Waals surface area contributed by atoms with Crippen molar-refractivity contribution in [1.29, 1.82) is 0 Å². The molecule has 0 heterocycles. The minimum Gasteiger partial charge on any atom is -0.392 e. The Balaban J connectivity index is 1.83. The number of carbonyl (C=O) groups excluding carboxylic acids is 1. The molecule has 0 radical (unpaired) electrons. The Kier molecular flexibility index (Phi) is 8.17. The fourth-order valence-electron chi connectivity index (χ4n) is 4.48. The zero-order chi connectivity index (χ0) is 18.2. The molecule has 0 spiro atoms. The van der Waals surface area contributed by atoms with Crippen LogP contribution in [0.4, 0.5) is 0 Å². The third kappa shape index (κ3) is 6.27. The summed E-state index contributed by atoms with van der Waals surface area (Å²) >= 11 is 0. The first-order valence-corrected chi connectivity index (χ1v) is 10.0. The van der Waals surface area contributed by atoms with Crippen LogP contribution in [-0.4, -0.2) is 28.3 Å². The second-order valence-corrected chi connectivity index (χ2v) is 7.88. The predicted molar refractivity (Wildman–Crippen MR) is 101 cm³/mol. The highest BCUT2D eigenvalue weighted by molar-refractivity contribution is 5.73. The van der Waals surface area contributed by atoms with Crippen LogP contribution in [0.1, 0.15) is 71.1 Å². The molecule has 142 valence electrons. The third-order valence-corrected chi connectivity index (χ3v) is 5.83. The summed E-state index contributed by atoms with van der Waals surface area (Å²) in [5.74, 6) is 0.996. The zero-order valence-corrected chi connectivity index (χ0v) is 15.6. The maximum Gasteiger partial charge on any atom is 0.217 e. The smallest absolute Gasteiger partial charge is 0.217 e. The Morgan fingerprint density at radius 1 is 1.32 bits per heavy atom. The first-order valence-electron chi connectivity index (χ1n) is 10.0. The van der Waals surface area contributed by atoms with Gasteiger partial charge < -0.3 is 15.9 Å². The molecule has 0 aliphatic heterocycles. The molecular formula is C21H35NO3. The lowest BCUT2D eigenvalue weighted by Gasteiger charge is -2.17. The van der Waals surface area contributed by atoms with Crippen molar-refractivity contribution in [2.24, 2.45) is 23.5 Å². The van der Waals surface area contributed by atoms with E-state index in [2.05, 4.69) is 19.1 Å². The largest absolute Gasteiger partial charge is 0.392 e. The van der Waals surface area contributed by atoms with E-state index in [1.54, 1.807) is 0 Å². The van der Waals surface area contributed by atoms with E-state index in [4.69, 9.17) is 5.73 Å². The van der Waals surface area contributed by atoms with E-state index in [1.165, 1.54) is 5.57 Å². The molecule has 2 aliphatic rings. The normalized spacial score (nSPS) is 31.7. The fraction of sp³-hybridized carbons (Fsp3) is 0.762. The molecule has 0 aromatic carbocycles. The van der Waals surface area contributed by atoms with Gasteiger partial charge in [-0.15, -0.1) is 0 Å². The fourth-order valence-corrected chi connectivity index (χ4v) is 4.48. The number of carbonyl (C=O) groups is 1. The summed E-state index contributed by atoms with van der Waals surface area (Å²) < 4.78 is 0. The molecule has 2 rings (SSSR count). The van der Waals surface area contributed by atoms with E-state index in [1.807, 2.05) is 6.08 Å². The SMILES string of the molecule is CCCCC[C@H](O)/C=C/[C@@H]1[C@H]2CC(=CCCCC(N)=O)C[C@H]2C[C@H]1O. The lowest BCUT2D eigenvalue weighted by Crippen LogP contribution is -2.17. The maximum absolute atomic E-state index is 10.8. The first kappa shape index (κ1) is 20.2. The van der Waals surface area contributed by atoms with Gasteiger partial charge in [0.2, 0.25) is 5.91 Å². The Hall–Kier alpha value is -1.13. The third-order valence-electron chi connectivity index (χ3n) is 5.83.